The van der Waals surface area contributed by atoms with Crippen molar-refractivity contribution in [3.63, 3.8) is 0 Å². The van der Waals surface area contributed by atoms with Gasteiger partial charge in [0.1, 0.15) is 24.3 Å². The number of H-pyrrole nitrogens is 1. The van der Waals surface area contributed by atoms with Gasteiger partial charge in [-0.25, -0.2) is 20.4 Å². The second-order valence-corrected chi connectivity index (χ2v) is 9.53. The summed E-state index contributed by atoms with van der Waals surface area (Å²) in [4.78, 5) is 56.4. The molecule has 0 saturated carbocycles. The number of nitrogens with one attached hydrogen (secondary N) is 5. The van der Waals surface area contributed by atoms with E-state index >= 15 is 0 Å². The summed E-state index contributed by atoms with van der Waals surface area (Å²) in [5.74, 6) is 4.12. The number of amides is 4. The lowest BCUT2D eigenvalue weighted by atomic mass is 10.1. The van der Waals surface area contributed by atoms with E-state index in [1.165, 1.54) is 12.5 Å². The fourth-order valence-corrected chi connectivity index (χ4v) is 3.35. The predicted octanol–water partition coefficient (Wildman–Crippen LogP) is 1.42. The van der Waals surface area contributed by atoms with Gasteiger partial charge in [0.25, 0.3) is 5.91 Å². The quantitative estimate of drug-likeness (QED) is 0.0968. The number of aromatic amines is 1. The number of nitrogens with zero attached hydrogens (tertiary/aromatic N) is 1. The molecule has 0 aliphatic rings. The summed E-state index contributed by atoms with van der Waals surface area (Å²) in [5.41, 5.74) is 2.83. The predicted molar refractivity (Wildman–Crippen MR) is 138 cm³/mol. The summed E-state index contributed by atoms with van der Waals surface area (Å²) in [6.45, 7) is 5.66. The van der Waals surface area contributed by atoms with Crippen molar-refractivity contribution in [2.45, 2.75) is 70.7 Å². The maximum atomic E-state index is 13.1. The minimum Gasteiger partial charge on any atom is -0.445 e. The van der Waals surface area contributed by atoms with Crippen LogP contribution in [0.5, 0.6) is 0 Å². The van der Waals surface area contributed by atoms with Crippen LogP contribution in [0.3, 0.4) is 0 Å². The van der Waals surface area contributed by atoms with Gasteiger partial charge in [-0.1, -0.05) is 30.3 Å². The highest BCUT2D eigenvalue weighted by atomic mass is 16.6. The van der Waals surface area contributed by atoms with Crippen LogP contribution >= 0.6 is 0 Å². The van der Waals surface area contributed by atoms with Gasteiger partial charge in [-0.3, -0.25) is 15.0 Å². The number of benzene rings is 1. The molecule has 0 spiro atoms. The largest absolute Gasteiger partial charge is 0.445 e. The van der Waals surface area contributed by atoms with Gasteiger partial charge in [0.15, 0.2) is 0 Å². The van der Waals surface area contributed by atoms with Gasteiger partial charge in [0.2, 0.25) is 5.91 Å². The molecule has 208 valence electrons. The summed E-state index contributed by atoms with van der Waals surface area (Å²) in [6.07, 6.45) is 3.02. The normalized spacial score (nSPS) is 12.5. The average Bonchev–Trinajstić information content (AvgIpc) is 3.38. The molecule has 2 rings (SSSR count). The van der Waals surface area contributed by atoms with E-state index in [2.05, 4.69) is 25.9 Å². The Hall–Kier alpha value is -4.13. The van der Waals surface area contributed by atoms with Crippen molar-refractivity contribution in [3.8, 4) is 0 Å². The van der Waals surface area contributed by atoms with E-state index in [-0.39, 0.29) is 19.4 Å². The molecule has 4 amide bonds. The first-order valence-corrected chi connectivity index (χ1v) is 12.3. The van der Waals surface area contributed by atoms with E-state index in [0.29, 0.717) is 25.1 Å². The topological polar surface area (TPSA) is 190 Å². The minimum absolute atomic E-state index is 0.0284. The van der Waals surface area contributed by atoms with Crippen LogP contribution in [-0.2, 0) is 32.1 Å². The molecule has 0 bridgehead atoms. The number of hydrazine groups is 1. The molecule has 13 nitrogen and oxygen atoms in total. The Morgan fingerprint density at radius 3 is 2.37 bits per heavy atom. The molecule has 2 atom stereocenters. The minimum atomic E-state index is -1.05. The van der Waals surface area contributed by atoms with Crippen LogP contribution in [0.25, 0.3) is 0 Å². The Kier molecular flexibility index (Phi) is 12.0. The average molecular weight is 532 g/mol. The van der Waals surface area contributed by atoms with Crippen LogP contribution < -0.4 is 27.2 Å². The molecule has 1 aromatic carbocycles. The van der Waals surface area contributed by atoms with E-state index in [9.17, 15) is 19.2 Å². The zero-order valence-corrected chi connectivity index (χ0v) is 21.9. The number of alkyl carbamates (subject to hydrolysis) is 2. The Morgan fingerprint density at radius 1 is 1.00 bits per heavy atom. The highest BCUT2D eigenvalue weighted by Crippen LogP contribution is 2.08. The number of imidazole rings is 1. The van der Waals surface area contributed by atoms with Crippen molar-refractivity contribution in [2.24, 2.45) is 5.84 Å². The van der Waals surface area contributed by atoms with Crippen LogP contribution in [0.4, 0.5) is 9.59 Å². The maximum absolute atomic E-state index is 13.1. The number of carbonyl (C=O) groups excluding carboxylic acids is 4. The summed E-state index contributed by atoms with van der Waals surface area (Å²) in [5, 5.41) is 7.83. The van der Waals surface area contributed by atoms with E-state index in [1.807, 2.05) is 23.6 Å². The van der Waals surface area contributed by atoms with E-state index in [0.717, 1.165) is 5.56 Å². The standard InChI is InChI=1S/C25H37N7O6/c1-25(2,3)38-23(35)28-12-8-7-11-19(22(34)32-26)30-21(33)20(13-18-14-27-16-29-18)31-24(36)37-15-17-9-5-4-6-10-17/h4-6,9-10,14,16,19-20H,7-8,11-13,15,26H2,1-3H3,(H,27,29)(H,28,35)(H,30,33)(H,31,36)(H,32,34)/t19-,20-/m0/s1. The Bertz CT molecular complexity index is 1020. The number of ether oxygens (including phenoxy) is 2. The SMILES string of the molecule is CC(C)(C)OC(=O)NCCCC[C@H](NC(=O)[C@H](Cc1cnc[nH]1)NC(=O)OCc1ccccc1)C(=O)NN. The van der Waals surface area contributed by atoms with E-state index in [1.54, 1.807) is 32.9 Å². The smallest absolute Gasteiger partial charge is 0.408 e. The fraction of sp³-hybridized carbons (Fsp3) is 0.480. The van der Waals surface area contributed by atoms with Crippen molar-refractivity contribution < 1.29 is 28.7 Å². The maximum Gasteiger partial charge on any atom is 0.408 e. The summed E-state index contributed by atoms with van der Waals surface area (Å²) < 4.78 is 10.4. The van der Waals surface area contributed by atoms with E-state index in [4.69, 9.17) is 15.3 Å². The molecule has 0 aliphatic carbocycles. The summed E-state index contributed by atoms with van der Waals surface area (Å²) >= 11 is 0. The monoisotopic (exact) mass is 531 g/mol. The number of aromatic nitrogens is 2. The van der Waals surface area contributed by atoms with Gasteiger partial charge in [0, 0.05) is 24.9 Å². The lowest BCUT2D eigenvalue weighted by molar-refractivity contribution is -0.130. The van der Waals surface area contributed by atoms with Crippen molar-refractivity contribution in [2.75, 3.05) is 6.54 Å². The molecule has 38 heavy (non-hydrogen) atoms. The molecule has 0 aliphatic heterocycles. The van der Waals surface area contributed by atoms with Gasteiger partial charge >= 0.3 is 12.2 Å². The van der Waals surface area contributed by atoms with Crippen molar-refractivity contribution in [1.29, 1.82) is 0 Å². The lowest BCUT2D eigenvalue weighted by Gasteiger charge is -2.22. The highest BCUT2D eigenvalue weighted by molar-refractivity contribution is 5.91. The van der Waals surface area contributed by atoms with Crippen LogP contribution in [0.2, 0.25) is 0 Å². The first kappa shape index (κ1) is 30.1. The summed E-state index contributed by atoms with van der Waals surface area (Å²) in [7, 11) is 0. The van der Waals surface area contributed by atoms with Crippen LogP contribution in [0.1, 0.15) is 51.3 Å². The van der Waals surface area contributed by atoms with Gasteiger partial charge in [-0.15, -0.1) is 0 Å². The summed E-state index contributed by atoms with van der Waals surface area (Å²) in [6, 6.07) is 7.09. The van der Waals surface area contributed by atoms with Crippen molar-refractivity contribution >= 4 is 24.0 Å². The number of unbranched alkanes of at least 4 members (excludes halogenated alkanes) is 1. The first-order valence-electron chi connectivity index (χ1n) is 12.3. The van der Waals surface area contributed by atoms with Crippen LogP contribution in [0, 0.1) is 0 Å². The molecule has 1 aromatic heterocycles. The van der Waals surface area contributed by atoms with Gasteiger partial charge in [-0.2, -0.15) is 0 Å². The molecule has 0 fully saturated rings. The molecule has 0 saturated heterocycles. The Balaban J connectivity index is 1.92. The van der Waals surface area contributed by atoms with Crippen LogP contribution in [0.15, 0.2) is 42.9 Å². The first-order chi connectivity index (χ1) is 18.1. The zero-order chi connectivity index (χ0) is 28.0. The Morgan fingerprint density at radius 2 is 1.74 bits per heavy atom. The lowest BCUT2D eigenvalue weighted by Crippen LogP contribution is -2.55. The van der Waals surface area contributed by atoms with Gasteiger partial charge in [-0.05, 0) is 45.6 Å². The number of nitrogens with two attached hydrogens (primary N) is 1. The number of hydrogen-bond acceptors (Lipinski definition) is 8. The molecule has 13 heteroatoms. The molecule has 1 heterocycles. The molecule has 0 unspecified atom stereocenters. The molecular formula is C25H37N7O6. The molecule has 7 N–H and O–H groups in total. The molecule has 2 aromatic rings. The number of rotatable bonds is 13. The van der Waals surface area contributed by atoms with Crippen molar-refractivity contribution in [1.82, 2.24) is 31.3 Å². The third-order valence-corrected chi connectivity index (χ3v) is 5.16. The third-order valence-electron chi connectivity index (χ3n) is 5.16. The Labute approximate surface area is 221 Å². The van der Waals surface area contributed by atoms with Crippen molar-refractivity contribution in [3.05, 3.63) is 54.1 Å². The highest BCUT2D eigenvalue weighted by Gasteiger charge is 2.27. The fourth-order valence-electron chi connectivity index (χ4n) is 3.35. The second-order valence-electron chi connectivity index (χ2n) is 9.53. The molecule has 0 radical (unpaired) electrons. The molecular weight excluding hydrogens is 494 g/mol. The van der Waals surface area contributed by atoms with E-state index < -0.39 is 41.7 Å². The number of hydrogen-bond donors (Lipinski definition) is 6. The van der Waals surface area contributed by atoms with Gasteiger partial charge in [0.05, 0.1) is 6.33 Å². The van der Waals surface area contributed by atoms with Gasteiger partial charge < -0.3 is 30.4 Å². The third kappa shape index (κ3) is 11.7. The number of carbonyl (C=O) groups is 4. The second kappa shape index (κ2) is 15.2. The zero-order valence-electron chi connectivity index (χ0n) is 21.9. The van der Waals surface area contributed by atoms with Crippen LogP contribution in [-0.4, -0.2) is 58.2 Å².